The maximum Gasteiger partial charge on any atom is 0.342 e. The van der Waals surface area contributed by atoms with Gasteiger partial charge in [0.2, 0.25) is 0 Å². The van der Waals surface area contributed by atoms with E-state index in [1.54, 1.807) is 0 Å². The maximum absolute atomic E-state index is 6.24. The molecule has 0 aliphatic heterocycles. The van der Waals surface area contributed by atoms with E-state index >= 15 is 0 Å². The highest BCUT2D eigenvalue weighted by Crippen LogP contribution is 2.29. The molecule has 0 N–H and O–H groups in total. The van der Waals surface area contributed by atoms with Crippen LogP contribution in [0.15, 0.2) is 12.7 Å². The van der Waals surface area contributed by atoms with Gasteiger partial charge >= 0.3 is 8.56 Å². The van der Waals surface area contributed by atoms with Gasteiger partial charge in [0.25, 0.3) is 0 Å². The second kappa shape index (κ2) is 5.47. The number of hydrogen-bond donors (Lipinski definition) is 0. The lowest BCUT2D eigenvalue weighted by molar-refractivity contribution is 0.0160. The van der Waals surface area contributed by atoms with Crippen molar-refractivity contribution in [2.45, 2.75) is 71.8 Å². The molecule has 16 heavy (non-hydrogen) atoms. The van der Waals surface area contributed by atoms with E-state index in [9.17, 15) is 0 Å². The van der Waals surface area contributed by atoms with E-state index in [4.69, 9.17) is 8.85 Å². The van der Waals surface area contributed by atoms with Crippen LogP contribution in [0.5, 0.6) is 0 Å². The van der Waals surface area contributed by atoms with Gasteiger partial charge in [-0.25, -0.2) is 0 Å². The summed E-state index contributed by atoms with van der Waals surface area (Å²) in [5.74, 6) is 0. The Kier molecular flexibility index (Phi) is 5.43. The zero-order valence-electron chi connectivity index (χ0n) is 12.0. The quantitative estimate of drug-likeness (QED) is 0.531. The van der Waals surface area contributed by atoms with Crippen molar-refractivity contribution in [2.24, 2.45) is 0 Å². The van der Waals surface area contributed by atoms with Crippen molar-refractivity contribution in [3.05, 3.63) is 12.7 Å². The number of allylic oxidation sites excluding steroid dienone is 1. The van der Waals surface area contributed by atoms with E-state index in [-0.39, 0.29) is 11.2 Å². The number of hydrogen-bond acceptors (Lipinski definition) is 2. The van der Waals surface area contributed by atoms with E-state index in [0.29, 0.717) is 0 Å². The molecule has 0 aliphatic carbocycles. The van der Waals surface area contributed by atoms with E-state index in [2.05, 4.69) is 55.0 Å². The van der Waals surface area contributed by atoms with E-state index in [1.165, 1.54) is 0 Å². The van der Waals surface area contributed by atoms with Crippen LogP contribution in [-0.2, 0) is 8.85 Å². The van der Waals surface area contributed by atoms with Crippen LogP contribution in [0.25, 0.3) is 0 Å². The molecule has 0 bridgehead atoms. The van der Waals surface area contributed by atoms with Gasteiger partial charge in [0.05, 0.1) is 11.2 Å². The van der Waals surface area contributed by atoms with Crippen molar-refractivity contribution in [1.82, 2.24) is 0 Å². The fourth-order valence-electron chi connectivity index (χ4n) is 1.73. The average molecular weight is 244 g/mol. The Morgan fingerprint density at radius 1 is 1.00 bits per heavy atom. The second-order valence-electron chi connectivity index (χ2n) is 6.19. The summed E-state index contributed by atoms with van der Waals surface area (Å²) in [7, 11) is -2.16. The molecule has 2 nitrogen and oxygen atoms in total. The number of rotatable bonds is 5. The van der Waals surface area contributed by atoms with Crippen LogP contribution < -0.4 is 0 Å². The summed E-state index contributed by atoms with van der Waals surface area (Å²) in [6.07, 6.45) is 1.92. The van der Waals surface area contributed by atoms with Crippen LogP contribution in [0.3, 0.4) is 0 Å². The van der Waals surface area contributed by atoms with Crippen molar-refractivity contribution >= 4 is 8.56 Å². The monoisotopic (exact) mass is 244 g/mol. The van der Waals surface area contributed by atoms with Crippen LogP contribution >= 0.6 is 0 Å². The third-order valence-corrected chi connectivity index (χ3v) is 5.94. The zero-order chi connectivity index (χ0) is 13.0. The molecule has 0 fully saturated rings. The summed E-state index contributed by atoms with van der Waals surface area (Å²) in [6.45, 7) is 18.5. The Bertz CT molecular complexity index is 207. The lowest BCUT2D eigenvalue weighted by Crippen LogP contribution is -2.50. The van der Waals surface area contributed by atoms with Gasteiger partial charge in [-0.2, -0.15) is 0 Å². The zero-order valence-corrected chi connectivity index (χ0v) is 13.0. The van der Waals surface area contributed by atoms with Gasteiger partial charge in [0.1, 0.15) is 0 Å². The third kappa shape index (κ3) is 6.46. The molecule has 0 radical (unpaired) electrons. The van der Waals surface area contributed by atoms with Crippen molar-refractivity contribution in [3.63, 3.8) is 0 Å². The molecule has 0 saturated carbocycles. The highest BCUT2D eigenvalue weighted by molar-refractivity contribution is 6.68. The first kappa shape index (κ1) is 15.9. The Balaban J connectivity index is 4.92. The van der Waals surface area contributed by atoms with Crippen LogP contribution in [0, 0.1) is 0 Å². The molecule has 96 valence electrons. The van der Waals surface area contributed by atoms with Gasteiger partial charge in [0.15, 0.2) is 0 Å². The standard InChI is InChI=1S/C13H28O2Si/c1-9-11-16(10-2,14-12(3,4)5)15-13(6,7)8/h9H,1,10-11H2,2-8H3. The summed E-state index contributed by atoms with van der Waals surface area (Å²) in [4.78, 5) is 0. The van der Waals surface area contributed by atoms with Gasteiger partial charge < -0.3 is 8.85 Å². The van der Waals surface area contributed by atoms with Gasteiger partial charge in [-0.05, 0) is 47.6 Å². The van der Waals surface area contributed by atoms with Crippen LogP contribution in [0.2, 0.25) is 12.1 Å². The highest BCUT2D eigenvalue weighted by atomic mass is 28.4. The van der Waals surface area contributed by atoms with Crippen molar-refractivity contribution in [2.75, 3.05) is 0 Å². The lowest BCUT2D eigenvalue weighted by atomic mass is 10.2. The van der Waals surface area contributed by atoms with Gasteiger partial charge in [-0.1, -0.05) is 13.0 Å². The molecule has 0 saturated heterocycles. The van der Waals surface area contributed by atoms with Crippen LogP contribution in [0.1, 0.15) is 48.5 Å². The topological polar surface area (TPSA) is 18.5 Å². The fourth-order valence-corrected chi connectivity index (χ4v) is 5.19. The van der Waals surface area contributed by atoms with Gasteiger partial charge in [-0.3, -0.25) is 0 Å². The molecule has 0 spiro atoms. The van der Waals surface area contributed by atoms with Gasteiger partial charge in [0, 0.05) is 6.04 Å². The van der Waals surface area contributed by atoms with Crippen molar-refractivity contribution in [3.8, 4) is 0 Å². The molecular formula is C13H28O2Si. The molecular weight excluding hydrogens is 216 g/mol. The second-order valence-corrected chi connectivity index (χ2v) is 9.53. The van der Waals surface area contributed by atoms with Crippen LogP contribution in [0.4, 0.5) is 0 Å². The first-order chi connectivity index (χ1) is 7.04. The Morgan fingerprint density at radius 2 is 1.38 bits per heavy atom. The third-order valence-electron chi connectivity index (χ3n) is 1.98. The minimum absolute atomic E-state index is 0.156. The van der Waals surface area contributed by atoms with Crippen LogP contribution in [-0.4, -0.2) is 19.8 Å². The predicted octanol–water partition coefficient (Wildman–Crippen LogP) is 4.26. The molecule has 0 amide bonds. The average Bonchev–Trinajstić information content (AvgIpc) is 1.98. The normalized spacial score (nSPS) is 13.9. The molecule has 0 aliphatic rings. The minimum atomic E-state index is -2.16. The van der Waals surface area contributed by atoms with Gasteiger partial charge in [-0.15, -0.1) is 6.58 Å². The predicted molar refractivity (Wildman–Crippen MR) is 72.9 cm³/mol. The fraction of sp³-hybridized carbons (Fsp3) is 0.846. The van der Waals surface area contributed by atoms with E-state index < -0.39 is 8.56 Å². The highest BCUT2D eigenvalue weighted by Gasteiger charge is 2.41. The largest absolute Gasteiger partial charge is 0.389 e. The maximum atomic E-state index is 6.24. The summed E-state index contributed by atoms with van der Waals surface area (Å²) < 4.78 is 12.5. The summed E-state index contributed by atoms with van der Waals surface area (Å²) in [5.41, 5.74) is -0.313. The molecule has 0 aromatic carbocycles. The molecule has 0 aromatic rings. The summed E-state index contributed by atoms with van der Waals surface area (Å²) in [6, 6.07) is 1.80. The summed E-state index contributed by atoms with van der Waals surface area (Å²) >= 11 is 0. The molecule has 0 atom stereocenters. The Hall–Kier alpha value is -0.123. The van der Waals surface area contributed by atoms with E-state index in [1.807, 2.05) is 6.08 Å². The lowest BCUT2D eigenvalue weighted by Gasteiger charge is -2.40. The smallest absolute Gasteiger partial charge is 0.342 e. The van der Waals surface area contributed by atoms with Crippen molar-refractivity contribution in [1.29, 1.82) is 0 Å². The molecule has 0 heterocycles. The Labute approximate surface area is 102 Å². The molecule has 3 heteroatoms. The molecule has 0 unspecified atom stereocenters. The van der Waals surface area contributed by atoms with Crippen molar-refractivity contribution < 1.29 is 8.85 Å². The first-order valence-electron chi connectivity index (χ1n) is 6.05. The minimum Gasteiger partial charge on any atom is -0.389 e. The molecule has 0 aromatic heterocycles. The summed E-state index contributed by atoms with van der Waals surface area (Å²) in [5, 5.41) is 0. The van der Waals surface area contributed by atoms with E-state index in [0.717, 1.165) is 12.1 Å². The molecule has 0 rings (SSSR count). The SMILES string of the molecule is C=CC[Si](CC)(OC(C)(C)C)OC(C)(C)C. The first-order valence-corrected chi connectivity index (χ1v) is 8.28. The Morgan fingerprint density at radius 3 is 1.56 bits per heavy atom.